The first kappa shape index (κ1) is 17.8. The first-order valence-electron chi connectivity index (χ1n) is 7.78. The number of hydrogen-bond donors (Lipinski definition) is 1. The van der Waals surface area contributed by atoms with E-state index in [1.807, 2.05) is 45.0 Å². The average Bonchev–Trinajstić information content (AvgIpc) is 2.94. The fourth-order valence-electron chi connectivity index (χ4n) is 2.49. The smallest absolute Gasteiger partial charge is 0.410 e. The quantitative estimate of drug-likeness (QED) is 0.870. The van der Waals surface area contributed by atoms with Gasteiger partial charge in [0.25, 0.3) is 0 Å². The summed E-state index contributed by atoms with van der Waals surface area (Å²) in [5.74, 6) is -0.128. The molecule has 0 spiro atoms. The van der Waals surface area contributed by atoms with E-state index >= 15 is 0 Å². The first-order valence-corrected chi connectivity index (χ1v) is 8.57. The van der Waals surface area contributed by atoms with Gasteiger partial charge in [-0.3, -0.25) is 9.69 Å². The molecule has 0 aromatic heterocycles. The molecule has 1 aliphatic rings. The minimum absolute atomic E-state index is 0.128. The summed E-state index contributed by atoms with van der Waals surface area (Å²) in [6.45, 7) is 6.48. The van der Waals surface area contributed by atoms with Gasteiger partial charge in [0.1, 0.15) is 11.6 Å². The summed E-state index contributed by atoms with van der Waals surface area (Å²) >= 11 is 3.38. The van der Waals surface area contributed by atoms with E-state index < -0.39 is 17.7 Å². The van der Waals surface area contributed by atoms with Crippen molar-refractivity contribution >= 4 is 27.9 Å². The summed E-state index contributed by atoms with van der Waals surface area (Å²) in [6.07, 6.45) is 1.07. The molecule has 0 saturated carbocycles. The molecule has 1 saturated heterocycles. The van der Waals surface area contributed by atoms with Crippen LogP contribution in [0.3, 0.4) is 0 Å². The lowest BCUT2D eigenvalue weighted by Crippen LogP contribution is -2.47. The van der Waals surface area contributed by atoms with Crippen molar-refractivity contribution < 1.29 is 14.3 Å². The number of amides is 2. The Morgan fingerprint density at radius 3 is 2.57 bits per heavy atom. The van der Waals surface area contributed by atoms with E-state index in [9.17, 15) is 9.59 Å². The minimum atomic E-state index is -0.557. The van der Waals surface area contributed by atoms with Gasteiger partial charge in [0.2, 0.25) is 5.91 Å². The normalized spacial score (nSPS) is 17.9. The van der Waals surface area contributed by atoms with Crippen LogP contribution < -0.4 is 5.32 Å². The van der Waals surface area contributed by atoms with E-state index in [0.29, 0.717) is 19.5 Å². The molecule has 1 N–H and O–H groups in total. The van der Waals surface area contributed by atoms with E-state index in [2.05, 4.69) is 21.2 Å². The van der Waals surface area contributed by atoms with Crippen LogP contribution in [-0.4, -0.2) is 35.1 Å². The van der Waals surface area contributed by atoms with Crippen molar-refractivity contribution in [2.75, 3.05) is 6.54 Å². The van der Waals surface area contributed by atoms with Crippen molar-refractivity contribution in [2.24, 2.45) is 0 Å². The number of ether oxygens (including phenoxy) is 1. The maximum absolute atomic E-state index is 12.4. The third kappa shape index (κ3) is 5.23. The summed E-state index contributed by atoms with van der Waals surface area (Å²) < 4.78 is 6.38. The van der Waals surface area contributed by atoms with E-state index in [0.717, 1.165) is 16.5 Å². The summed E-state index contributed by atoms with van der Waals surface area (Å²) in [5.41, 5.74) is 0.460. The van der Waals surface area contributed by atoms with Crippen molar-refractivity contribution in [1.29, 1.82) is 0 Å². The number of halogens is 1. The van der Waals surface area contributed by atoms with Crippen molar-refractivity contribution in [3.63, 3.8) is 0 Å². The van der Waals surface area contributed by atoms with Gasteiger partial charge >= 0.3 is 6.09 Å². The Bertz CT molecular complexity index is 566. The highest BCUT2D eigenvalue weighted by atomic mass is 79.9. The number of carbonyl (C=O) groups excluding carboxylic acids is 2. The zero-order valence-corrected chi connectivity index (χ0v) is 15.4. The highest BCUT2D eigenvalue weighted by Gasteiger charge is 2.36. The predicted octanol–water partition coefficient (Wildman–Crippen LogP) is 3.46. The number of nitrogens with zero attached hydrogens (tertiary/aromatic N) is 1. The van der Waals surface area contributed by atoms with Crippen LogP contribution in [-0.2, 0) is 16.1 Å². The fourth-order valence-corrected chi connectivity index (χ4v) is 2.75. The molecule has 5 nitrogen and oxygen atoms in total. The highest BCUT2D eigenvalue weighted by molar-refractivity contribution is 9.10. The third-order valence-corrected chi connectivity index (χ3v) is 4.09. The molecule has 0 radical (unpaired) electrons. The predicted molar refractivity (Wildman–Crippen MR) is 92.0 cm³/mol. The zero-order chi connectivity index (χ0) is 17.0. The highest BCUT2D eigenvalue weighted by Crippen LogP contribution is 2.21. The molecule has 1 atom stereocenters. The van der Waals surface area contributed by atoms with Crippen LogP contribution in [0.15, 0.2) is 28.7 Å². The molecule has 0 unspecified atom stereocenters. The Morgan fingerprint density at radius 1 is 1.30 bits per heavy atom. The molecule has 2 rings (SSSR count). The summed E-state index contributed by atoms with van der Waals surface area (Å²) in [5, 5.41) is 2.90. The molecule has 0 aliphatic carbocycles. The Kier molecular flexibility index (Phi) is 5.68. The number of nitrogens with one attached hydrogen (secondary N) is 1. The van der Waals surface area contributed by atoms with E-state index in [4.69, 9.17) is 4.74 Å². The van der Waals surface area contributed by atoms with Gasteiger partial charge in [-0.15, -0.1) is 0 Å². The van der Waals surface area contributed by atoms with Crippen LogP contribution in [0.1, 0.15) is 39.2 Å². The largest absolute Gasteiger partial charge is 0.444 e. The Hall–Kier alpha value is -1.56. The Labute approximate surface area is 145 Å². The van der Waals surface area contributed by atoms with Crippen LogP contribution in [0.2, 0.25) is 0 Å². The molecule has 23 heavy (non-hydrogen) atoms. The SMILES string of the molecule is CC(C)(C)OC(=O)N1CCC[C@@H]1C(=O)NCc1ccc(Br)cc1. The van der Waals surface area contributed by atoms with Gasteiger partial charge in [-0.25, -0.2) is 4.79 Å². The summed E-state index contributed by atoms with van der Waals surface area (Å²) in [7, 11) is 0. The molecule has 1 aromatic rings. The van der Waals surface area contributed by atoms with Gasteiger partial charge in [-0.1, -0.05) is 28.1 Å². The number of hydrogen-bond acceptors (Lipinski definition) is 3. The van der Waals surface area contributed by atoms with Crippen LogP contribution >= 0.6 is 15.9 Å². The van der Waals surface area contributed by atoms with E-state index in [1.165, 1.54) is 4.90 Å². The van der Waals surface area contributed by atoms with Crippen molar-refractivity contribution in [3.8, 4) is 0 Å². The van der Waals surface area contributed by atoms with Crippen LogP contribution in [0, 0.1) is 0 Å². The lowest BCUT2D eigenvalue weighted by atomic mass is 10.2. The molecule has 1 aliphatic heterocycles. The van der Waals surface area contributed by atoms with E-state index in [-0.39, 0.29) is 5.91 Å². The molecule has 126 valence electrons. The lowest BCUT2D eigenvalue weighted by molar-refractivity contribution is -0.125. The molecule has 6 heteroatoms. The molecule has 2 amide bonds. The maximum atomic E-state index is 12.4. The van der Waals surface area contributed by atoms with Crippen LogP contribution in [0.5, 0.6) is 0 Å². The second kappa shape index (κ2) is 7.34. The zero-order valence-electron chi connectivity index (χ0n) is 13.8. The average molecular weight is 383 g/mol. The number of benzene rings is 1. The third-order valence-electron chi connectivity index (χ3n) is 3.56. The number of carbonyl (C=O) groups is 2. The molecule has 1 aromatic carbocycles. The Balaban J connectivity index is 1.92. The Morgan fingerprint density at radius 2 is 1.96 bits per heavy atom. The van der Waals surface area contributed by atoms with Crippen LogP contribution in [0.25, 0.3) is 0 Å². The van der Waals surface area contributed by atoms with Crippen molar-refractivity contribution in [1.82, 2.24) is 10.2 Å². The van der Waals surface area contributed by atoms with Gasteiger partial charge < -0.3 is 10.1 Å². The van der Waals surface area contributed by atoms with Gasteiger partial charge in [0.15, 0.2) is 0 Å². The second-order valence-electron chi connectivity index (χ2n) is 6.68. The topological polar surface area (TPSA) is 58.6 Å². The van der Waals surface area contributed by atoms with Crippen molar-refractivity contribution in [3.05, 3.63) is 34.3 Å². The molecular weight excluding hydrogens is 360 g/mol. The fraction of sp³-hybridized carbons (Fsp3) is 0.529. The monoisotopic (exact) mass is 382 g/mol. The summed E-state index contributed by atoms with van der Waals surface area (Å²) in [4.78, 5) is 26.1. The molecular formula is C17H23BrN2O3. The summed E-state index contributed by atoms with van der Waals surface area (Å²) in [6, 6.07) is 7.32. The number of rotatable bonds is 3. The van der Waals surface area contributed by atoms with E-state index in [1.54, 1.807) is 0 Å². The molecule has 1 fully saturated rings. The standard InChI is InChI=1S/C17H23BrN2O3/c1-17(2,3)23-16(22)20-10-4-5-14(20)15(21)19-11-12-6-8-13(18)9-7-12/h6-9,14H,4-5,10-11H2,1-3H3,(H,19,21)/t14-/m1/s1. The van der Waals surface area contributed by atoms with Gasteiger partial charge in [-0.2, -0.15) is 0 Å². The minimum Gasteiger partial charge on any atom is -0.444 e. The molecule has 0 bridgehead atoms. The van der Waals surface area contributed by atoms with Crippen molar-refractivity contribution in [2.45, 2.75) is 51.8 Å². The van der Waals surface area contributed by atoms with Gasteiger partial charge in [0, 0.05) is 17.6 Å². The first-order chi connectivity index (χ1) is 10.8. The maximum Gasteiger partial charge on any atom is 0.410 e. The second-order valence-corrected chi connectivity index (χ2v) is 7.59. The number of likely N-dealkylation sites (tertiary alicyclic amines) is 1. The van der Waals surface area contributed by atoms with Gasteiger partial charge in [0.05, 0.1) is 0 Å². The van der Waals surface area contributed by atoms with Gasteiger partial charge in [-0.05, 0) is 51.3 Å². The van der Waals surface area contributed by atoms with Crippen LogP contribution in [0.4, 0.5) is 4.79 Å². The molecule has 1 heterocycles. The lowest BCUT2D eigenvalue weighted by Gasteiger charge is -2.28.